The van der Waals surface area contributed by atoms with Crippen LogP contribution in [0.5, 0.6) is 0 Å². The van der Waals surface area contributed by atoms with E-state index in [4.69, 9.17) is 5.26 Å². The van der Waals surface area contributed by atoms with Gasteiger partial charge in [0.25, 0.3) is 0 Å². The maximum atomic E-state index is 12.1. The number of rotatable bonds is 7. The first-order valence-electron chi connectivity index (χ1n) is 7.81. The van der Waals surface area contributed by atoms with E-state index in [9.17, 15) is 4.79 Å². The normalized spacial score (nSPS) is 22.8. The molecule has 0 aliphatic heterocycles. The Morgan fingerprint density at radius 1 is 1.21 bits per heavy atom. The average Bonchev–Trinajstić information content (AvgIpc) is 2.44. The van der Waals surface area contributed by atoms with Gasteiger partial charge in [-0.15, -0.1) is 0 Å². The quantitative estimate of drug-likeness (QED) is 0.655. The van der Waals surface area contributed by atoms with Gasteiger partial charge in [0.05, 0.1) is 6.07 Å². The van der Waals surface area contributed by atoms with Gasteiger partial charge in [-0.1, -0.05) is 26.2 Å². The summed E-state index contributed by atoms with van der Waals surface area (Å²) in [6.45, 7) is 2.19. The molecular formula is C16H28N2O. The molecule has 108 valence electrons. The van der Waals surface area contributed by atoms with Gasteiger partial charge >= 0.3 is 0 Å². The minimum atomic E-state index is 0.305. The molecular weight excluding hydrogens is 236 g/mol. The molecule has 1 saturated carbocycles. The van der Waals surface area contributed by atoms with E-state index < -0.39 is 0 Å². The predicted molar refractivity (Wildman–Crippen MR) is 77.5 cm³/mol. The molecule has 0 aromatic rings. The fraction of sp³-hybridized carbons (Fsp3) is 0.875. The maximum Gasteiger partial charge on any atom is 0.222 e. The largest absolute Gasteiger partial charge is 0.343 e. The van der Waals surface area contributed by atoms with Crippen LogP contribution in [0, 0.1) is 17.2 Å². The first-order chi connectivity index (χ1) is 9.19. The topological polar surface area (TPSA) is 44.1 Å². The molecule has 0 aromatic carbocycles. The minimum absolute atomic E-state index is 0.305. The van der Waals surface area contributed by atoms with E-state index >= 15 is 0 Å². The summed E-state index contributed by atoms with van der Waals surface area (Å²) in [6, 6.07) is 2.67. The fourth-order valence-electron chi connectivity index (χ4n) is 2.95. The number of carbonyl (C=O) groups is 1. The molecule has 0 N–H and O–H groups in total. The fourth-order valence-corrected chi connectivity index (χ4v) is 2.95. The molecule has 1 rings (SSSR count). The summed E-state index contributed by atoms with van der Waals surface area (Å²) < 4.78 is 0. The highest BCUT2D eigenvalue weighted by Gasteiger charge is 2.25. The Balaban J connectivity index is 2.24. The Morgan fingerprint density at radius 3 is 2.47 bits per heavy atom. The molecule has 3 nitrogen and oxygen atoms in total. The Morgan fingerprint density at radius 2 is 1.89 bits per heavy atom. The van der Waals surface area contributed by atoms with Crippen LogP contribution in [-0.4, -0.2) is 23.9 Å². The van der Waals surface area contributed by atoms with Crippen LogP contribution in [-0.2, 0) is 4.79 Å². The van der Waals surface area contributed by atoms with Gasteiger partial charge in [0.2, 0.25) is 5.91 Å². The molecule has 0 aromatic heterocycles. The monoisotopic (exact) mass is 264 g/mol. The van der Waals surface area contributed by atoms with Crippen LogP contribution in [0.15, 0.2) is 0 Å². The standard InChI is InChI=1S/C16H28N2O/c1-3-4-5-6-7-16(19)18(2)15-10-8-14(9-11-15)12-13-17/h14-15H,3-12H2,1-2H3. The van der Waals surface area contributed by atoms with Crippen LogP contribution in [0.25, 0.3) is 0 Å². The lowest BCUT2D eigenvalue weighted by atomic mass is 9.84. The van der Waals surface area contributed by atoms with E-state index in [2.05, 4.69) is 13.0 Å². The zero-order valence-electron chi connectivity index (χ0n) is 12.5. The van der Waals surface area contributed by atoms with E-state index in [1.165, 1.54) is 19.3 Å². The number of carbonyl (C=O) groups excluding carboxylic acids is 1. The van der Waals surface area contributed by atoms with Gasteiger partial charge in [0, 0.05) is 25.9 Å². The summed E-state index contributed by atoms with van der Waals surface area (Å²) >= 11 is 0. The van der Waals surface area contributed by atoms with Crippen LogP contribution in [0.1, 0.15) is 71.1 Å². The van der Waals surface area contributed by atoms with Gasteiger partial charge < -0.3 is 4.90 Å². The highest BCUT2D eigenvalue weighted by molar-refractivity contribution is 5.76. The van der Waals surface area contributed by atoms with Crippen molar-refractivity contribution in [3.63, 3.8) is 0 Å². The molecule has 0 spiro atoms. The van der Waals surface area contributed by atoms with Gasteiger partial charge in [0.15, 0.2) is 0 Å². The number of hydrogen-bond acceptors (Lipinski definition) is 2. The molecule has 1 fully saturated rings. The smallest absolute Gasteiger partial charge is 0.222 e. The van der Waals surface area contributed by atoms with E-state index in [0.717, 1.165) is 32.1 Å². The van der Waals surface area contributed by atoms with Crippen LogP contribution in [0.2, 0.25) is 0 Å². The van der Waals surface area contributed by atoms with Crippen molar-refractivity contribution in [3.8, 4) is 6.07 Å². The highest BCUT2D eigenvalue weighted by Crippen LogP contribution is 2.29. The lowest BCUT2D eigenvalue weighted by Gasteiger charge is -2.34. The van der Waals surface area contributed by atoms with Crippen molar-refractivity contribution in [3.05, 3.63) is 0 Å². The Labute approximate surface area is 118 Å². The van der Waals surface area contributed by atoms with E-state index in [0.29, 0.717) is 30.7 Å². The lowest BCUT2D eigenvalue weighted by molar-refractivity contribution is -0.132. The van der Waals surface area contributed by atoms with Crippen LogP contribution in [0.3, 0.4) is 0 Å². The second kappa shape index (κ2) is 8.96. The molecule has 0 radical (unpaired) electrons. The molecule has 19 heavy (non-hydrogen) atoms. The molecule has 0 unspecified atom stereocenters. The summed E-state index contributed by atoms with van der Waals surface area (Å²) in [7, 11) is 1.96. The molecule has 0 bridgehead atoms. The zero-order valence-corrected chi connectivity index (χ0v) is 12.5. The molecule has 0 atom stereocenters. The lowest BCUT2D eigenvalue weighted by Crippen LogP contribution is -2.39. The Hall–Kier alpha value is -1.04. The molecule has 1 aliphatic carbocycles. The molecule has 1 amide bonds. The summed E-state index contributed by atoms with van der Waals surface area (Å²) in [4.78, 5) is 14.1. The van der Waals surface area contributed by atoms with Crippen molar-refractivity contribution < 1.29 is 4.79 Å². The van der Waals surface area contributed by atoms with E-state index in [1.54, 1.807) is 0 Å². The average molecular weight is 264 g/mol. The van der Waals surface area contributed by atoms with Crippen molar-refractivity contribution >= 4 is 5.91 Å². The number of unbranched alkanes of at least 4 members (excludes halogenated alkanes) is 3. The van der Waals surface area contributed by atoms with Gasteiger partial charge in [-0.2, -0.15) is 5.26 Å². The first kappa shape index (κ1) is 16.0. The molecule has 0 heterocycles. The van der Waals surface area contributed by atoms with Crippen molar-refractivity contribution in [1.82, 2.24) is 4.90 Å². The highest BCUT2D eigenvalue weighted by atomic mass is 16.2. The first-order valence-corrected chi connectivity index (χ1v) is 7.81. The van der Waals surface area contributed by atoms with Crippen molar-refractivity contribution in [2.75, 3.05) is 7.05 Å². The number of nitriles is 1. The maximum absolute atomic E-state index is 12.1. The number of nitrogens with zero attached hydrogens (tertiary/aromatic N) is 2. The van der Waals surface area contributed by atoms with Crippen LogP contribution in [0.4, 0.5) is 0 Å². The Bertz CT molecular complexity index is 300. The van der Waals surface area contributed by atoms with Crippen molar-refractivity contribution in [2.24, 2.45) is 5.92 Å². The third kappa shape index (κ3) is 5.63. The summed E-state index contributed by atoms with van der Waals surface area (Å²) in [5, 5.41) is 8.71. The number of hydrogen-bond donors (Lipinski definition) is 0. The zero-order chi connectivity index (χ0) is 14.1. The van der Waals surface area contributed by atoms with Crippen LogP contribution >= 0.6 is 0 Å². The third-order valence-corrected chi connectivity index (χ3v) is 4.38. The summed E-state index contributed by atoms with van der Waals surface area (Å²) in [6.07, 6.45) is 10.4. The molecule has 3 heteroatoms. The molecule has 0 saturated heterocycles. The van der Waals surface area contributed by atoms with Crippen molar-refractivity contribution in [1.29, 1.82) is 5.26 Å². The summed E-state index contributed by atoms with van der Waals surface area (Å²) in [5.74, 6) is 0.870. The second-order valence-corrected chi connectivity index (χ2v) is 5.85. The van der Waals surface area contributed by atoms with Crippen LogP contribution < -0.4 is 0 Å². The number of amides is 1. The van der Waals surface area contributed by atoms with Gasteiger partial charge in [-0.05, 0) is 38.0 Å². The summed E-state index contributed by atoms with van der Waals surface area (Å²) in [5.41, 5.74) is 0. The van der Waals surface area contributed by atoms with E-state index in [1.807, 2.05) is 11.9 Å². The third-order valence-electron chi connectivity index (χ3n) is 4.38. The van der Waals surface area contributed by atoms with Gasteiger partial charge in [-0.25, -0.2) is 0 Å². The predicted octanol–water partition coefficient (Wildman–Crippen LogP) is 3.89. The second-order valence-electron chi connectivity index (χ2n) is 5.85. The van der Waals surface area contributed by atoms with Gasteiger partial charge in [-0.3, -0.25) is 4.79 Å². The Kier molecular flexibility index (Phi) is 7.55. The van der Waals surface area contributed by atoms with Gasteiger partial charge in [0.1, 0.15) is 0 Å². The molecule has 1 aliphatic rings. The SMILES string of the molecule is CCCCCCC(=O)N(C)C1CCC(CC#N)CC1. The van der Waals surface area contributed by atoms with E-state index in [-0.39, 0.29) is 0 Å². The van der Waals surface area contributed by atoms with Crippen molar-refractivity contribution in [2.45, 2.75) is 77.2 Å². The minimum Gasteiger partial charge on any atom is -0.343 e.